The minimum atomic E-state index is 0.177. The molecule has 0 radical (unpaired) electrons. The molecule has 0 saturated heterocycles. The third-order valence-electron chi connectivity index (χ3n) is 4.13. The molecular weight excluding hydrogens is 260 g/mol. The number of benzene rings is 1. The highest BCUT2D eigenvalue weighted by molar-refractivity contribution is 5.98. The Morgan fingerprint density at radius 2 is 2.00 bits per heavy atom. The fraction of sp³-hybridized carbons (Fsp3) is 0.444. The first-order chi connectivity index (χ1) is 10.1. The zero-order chi connectivity index (χ0) is 15.2. The summed E-state index contributed by atoms with van der Waals surface area (Å²) in [6, 6.07) is 9.81. The molecule has 112 valence electrons. The summed E-state index contributed by atoms with van der Waals surface area (Å²) in [5.74, 6) is 1.26. The molecule has 0 fully saturated rings. The Hall–Kier alpha value is -1.74. The molecule has 3 heteroatoms. The number of carbonyl (C=O) groups excluding carboxylic acids is 1. The van der Waals surface area contributed by atoms with Gasteiger partial charge in [-0.05, 0) is 43.4 Å². The van der Waals surface area contributed by atoms with Crippen LogP contribution in [0.1, 0.15) is 43.5 Å². The smallest absolute Gasteiger partial charge is 0.164 e. The lowest BCUT2D eigenvalue weighted by molar-refractivity contribution is 0.0969. The number of carbonyl (C=O) groups is 1. The van der Waals surface area contributed by atoms with E-state index in [1.165, 1.54) is 0 Å². The van der Waals surface area contributed by atoms with E-state index in [2.05, 4.69) is 18.8 Å². The molecule has 2 aromatic rings. The lowest BCUT2D eigenvalue weighted by Crippen LogP contribution is -2.16. The highest BCUT2D eigenvalue weighted by atomic mass is 16.1. The molecule has 0 aliphatic carbocycles. The van der Waals surface area contributed by atoms with E-state index in [1.54, 1.807) is 6.20 Å². The molecule has 2 rings (SSSR count). The Bertz CT molecular complexity index is 607. The molecule has 0 aliphatic rings. The molecule has 0 spiro atoms. The number of hydrogen-bond donors (Lipinski definition) is 1. The van der Waals surface area contributed by atoms with Crippen LogP contribution in [0.4, 0.5) is 0 Å². The number of hydrogen-bond acceptors (Lipinski definition) is 3. The number of pyridine rings is 1. The van der Waals surface area contributed by atoms with Crippen LogP contribution in [0.2, 0.25) is 0 Å². The van der Waals surface area contributed by atoms with Gasteiger partial charge in [-0.3, -0.25) is 9.78 Å². The number of aromatic nitrogens is 1. The maximum absolute atomic E-state index is 12.3. The fourth-order valence-corrected chi connectivity index (χ4v) is 2.71. The van der Waals surface area contributed by atoms with Gasteiger partial charge in [0.25, 0.3) is 0 Å². The lowest BCUT2D eigenvalue weighted by Gasteiger charge is -2.19. The first-order valence-corrected chi connectivity index (χ1v) is 7.70. The summed E-state index contributed by atoms with van der Waals surface area (Å²) >= 11 is 0. The second kappa shape index (κ2) is 7.32. The first-order valence-electron chi connectivity index (χ1n) is 7.70. The van der Waals surface area contributed by atoms with Crippen molar-refractivity contribution in [1.82, 2.24) is 4.98 Å². The van der Waals surface area contributed by atoms with Crippen molar-refractivity contribution in [3.8, 4) is 0 Å². The molecule has 0 saturated carbocycles. The normalized spacial score (nSPS) is 12.8. The van der Waals surface area contributed by atoms with Crippen LogP contribution in [0.15, 0.2) is 36.5 Å². The summed E-state index contributed by atoms with van der Waals surface area (Å²) < 4.78 is 0. The van der Waals surface area contributed by atoms with Crippen molar-refractivity contribution in [3.05, 3.63) is 42.1 Å². The second-order valence-electron chi connectivity index (χ2n) is 5.96. The van der Waals surface area contributed by atoms with Crippen molar-refractivity contribution in [3.63, 3.8) is 0 Å². The standard InChI is InChI=1S/C18H24N2O/c1-13(2)14(9-10-19)7-8-18(21)16-11-15-5-3-4-6-17(15)20-12-16/h3-6,11-14H,7-10,19H2,1-2H3. The maximum atomic E-state index is 12.3. The van der Waals surface area contributed by atoms with Gasteiger partial charge in [-0.15, -0.1) is 0 Å². The zero-order valence-electron chi connectivity index (χ0n) is 12.9. The fourth-order valence-electron chi connectivity index (χ4n) is 2.71. The highest BCUT2D eigenvalue weighted by Crippen LogP contribution is 2.22. The Morgan fingerprint density at radius 3 is 2.71 bits per heavy atom. The summed E-state index contributed by atoms with van der Waals surface area (Å²) in [4.78, 5) is 16.7. The van der Waals surface area contributed by atoms with Gasteiger partial charge in [0.1, 0.15) is 0 Å². The van der Waals surface area contributed by atoms with E-state index < -0.39 is 0 Å². The van der Waals surface area contributed by atoms with E-state index in [0.717, 1.165) is 23.7 Å². The van der Waals surface area contributed by atoms with Gasteiger partial charge in [-0.25, -0.2) is 0 Å². The summed E-state index contributed by atoms with van der Waals surface area (Å²) in [5.41, 5.74) is 7.29. The van der Waals surface area contributed by atoms with E-state index in [9.17, 15) is 4.79 Å². The molecule has 1 unspecified atom stereocenters. The number of Topliss-reactive ketones (excluding diaryl/α,β-unsaturated/α-hetero) is 1. The molecule has 3 nitrogen and oxygen atoms in total. The highest BCUT2D eigenvalue weighted by Gasteiger charge is 2.15. The van der Waals surface area contributed by atoms with Gasteiger partial charge in [0.2, 0.25) is 0 Å². The van der Waals surface area contributed by atoms with Gasteiger partial charge in [0.05, 0.1) is 5.52 Å². The number of nitrogens with zero attached hydrogens (tertiary/aromatic N) is 1. The number of fused-ring (bicyclic) bond motifs is 1. The van der Waals surface area contributed by atoms with Crippen LogP contribution in [0.25, 0.3) is 10.9 Å². The number of rotatable bonds is 7. The molecule has 21 heavy (non-hydrogen) atoms. The molecule has 1 atom stereocenters. The monoisotopic (exact) mass is 284 g/mol. The summed E-state index contributed by atoms with van der Waals surface area (Å²) in [6.45, 7) is 5.08. The van der Waals surface area contributed by atoms with Crippen LogP contribution >= 0.6 is 0 Å². The largest absolute Gasteiger partial charge is 0.330 e. The topological polar surface area (TPSA) is 56.0 Å². The molecule has 1 aromatic heterocycles. The molecule has 1 aromatic carbocycles. The maximum Gasteiger partial charge on any atom is 0.164 e. The van der Waals surface area contributed by atoms with E-state index in [-0.39, 0.29) is 5.78 Å². The van der Waals surface area contributed by atoms with E-state index in [0.29, 0.717) is 30.4 Å². The quantitative estimate of drug-likeness (QED) is 0.786. The van der Waals surface area contributed by atoms with Gasteiger partial charge in [-0.2, -0.15) is 0 Å². The molecule has 0 bridgehead atoms. The van der Waals surface area contributed by atoms with Crippen molar-refractivity contribution in [2.75, 3.05) is 6.54 Å². The van der Waals surface area contributed by atoms with Crippen LogP contribution in [0.5, 0.6) is 0 Å². The van der Waals surface area contributed by atoms with Gasteiger partial charge in [0.15, 0.2) is 5.78 Å². The van der Waals surface area contributed by atoms with Crippen molar-refractivity contribution in [1.29, 1.82) is 0 Å². The minimum Gasteiger partial charge on any atom is -0.330 e. The van der Waals surface area contributed by atoms with Crippen molar-refractivity contribution >= 4 is 16.7 Å². The predicted octanol–water partition coefficient (Wildman–Crippen LogP) is 3.82. The summed E-state index contributed by atoms with van der Waals surface area (Å²) in [7, 11) is 0. The Kier molecular flexibility index (Phi) is 5.45. The van der Waals surface area contributed by atoms with Crippen LogP contribution in [-0.2, 0) is 0 Å². The van der Waals surface area contributed by atoms with Crippen LogP contribution in [0.3, 0.4) is 0 Å². The zero-order valence-corrected chi connectivity index (χ0v) is 12.9. The van der Waals surface area contributed by atoms with E-state index in [1.807, 2.05) is 30.3 Å². The Morgan fingerprint density at radius 1 is 1.24 bits per heavy atom. The third-order valence-corrected chi connectivity index (χ3v) is 4.13. The van der Waals surface area contributed by atoms with Gasteiger partial charge >= 0.3 is 0 Å². The average molecular weight is 284 g/mol. The third kappa shape index (κ3) is 4.11. The van der Waals surface area contributed by atoms with Gasteiger partial charge in [-0.1, -0.05) is 32.0 Å². The van der Waals surface area contributed by atoms with Crippen LogP contribution < -0.4 is 5.73 Å². The Labute approximate surface area is 126 Å². The van der Waals surface area contributed by atoms with Gasteiger partial charge in [0, 0.05) is 23.6 Å². The van der Waals surface area contributed by atoms with Gasteiger partial charge < -0.3 is 5.73 Å². The van der Waals surface area contributed by atoms with Crippen LogP contribution in [0, 0.1) is 11.8 Å². The predicted molar refractivity (Wildman–Crippen MR) is 87.3 cm³/mol. The average Bonchev–Trinajstić information content (AvgIpc) is 2.50. The molecule has 0 aliphatic heterocycles. The summed E-state index contributed by atoms with van der Waals surface area (Å²) in [6.07, 6.45) is 4.16. The minimum absolute atomic E-state index is 0.177. The SMILES string of the molecule is CC(C)C(CCN)CCC(=O)c1cnc2ccccc2c1. The molecule has 1 heterocycles. The van der Waals surface area contributed by atoms with E-state index in [4.69, 9.17) is 5.73 Å². The Balaban J connectivity index is 2.04. The van der Waals surface area contributed by atoms with Crippen molar-refractivity contribution in [2.24, 2.45) is 17.6 Å². The lowest BCUT2D eigenvalue weighted by atomic mass is 9.87. The molecular formula is C18H24N2O. The summed E-state index contributed by atoms with van der Waals surface area (Å²) in [5, 5.41) is 1.02. The van der Waals surface area contributed by atoms with Crippen LogP contribution in [-0.4, -0.2) is 17.3 Å². The molecule has 2 N–H and O–H groups in total. The number of para-hydroxylation sites is 1. The second-order valence-corrected chi connectivity index (χ2v) is 5.96. The number of ketones is 1. The number of nitrogens with two attached hydrogens (primary N) is 1. The van der Waals surface area contributed by atoms with Crippen molar-refractivity contribution in [2.45, 2.75) is 33.1 Å². The van der Waals surface area contributed by atoms with Crippen molar-refractivity contribution < 1.29 is 4.79 Å². The van der Waals surface area contributed by atoms with E-state index >= 15 is 0 Å². The first kappa shape index (κ1) is 15.6. The molecule has 0 amide bonds.